The summed E-state index contributed by atoms with van der Waals surface area (Å²) in [6.07, 6.45) is 3.55. The first-order valence-electron chi connectivity index (χ1n) is 5.80. The molecule has 1 aromatic carbocycles. The molecule has 0 atom stereocenters. The fourth-order valence-corrected chi connectivity index (χ4v) is 1.61. The van der Waals surface area contributed by atoms with Gasteiger partial charge in [-0.3, -0.25) is 4.98 Å². The minimum atomic E-state index is 0.780. The Balaban J connectivity index is 2.16. The third-order valence-corrected chi connectivity index (χ3v) is 2.68. The molecule has 18 heavy (non-hydrogen) atoms. The van der Waals surface area contributed by atoms with Crippen LogP contribution < -0.4 is 5.32 Å². The average Bonchev–Trinajstić information content (AvgIpc) is 2.41. The van der Waals surface area contributed by atoms with Gasteiger partial charge in [-0.15, -0.1) is 0 Å². The van der Waals surface area contributed by atoms with Crippen molar-refractivity contribution in [2.45, 2.75) is 6.92 Å². The Hall–Kier alpha value is -2.35. The molecule has 0 aliphatic rings. The van der Waals surface area contributed by atoms with Gasteiger partial charge < -0.3 is 5.32 Å². The number of hydrogen-bond acceptors (Lipinski definition) is 2. The quantitative estimate of drug-likeness (QED) is 0.863. The summed E-state index contributed by atoms with van der Waals surface area (Å²) in [6.45, 7) is 9.82. The highest BCUT2D eigenvalue weighted by atomic mass is 14.9. The standard InChI is InChI=1S/C16H16N2/c1-4-14-9-10-17-16(11-14)13(3)18-15-7-5-12(2)6-8-15/h4-11,18H,1,3H2,2H3. The molecule has 0 unspecified atom stereocenters. The molecular weight excluding hydrogens is 220 g/mol. The van der Waals surface area contributed by atoms with Crippen LogP contribution in [0, 0.1) is 6.92 Å². The Labute approximate surface area is 108 Å². The van der Waals surface area contributed by atoms with Crippen LogP contribution >= 0.6 is 0 Å². The summed E-state index contributed by atoms with van der Waals surface area (Å²) in [4.78, 5) is 4.29. The van der Waals surface area contributed by atoms with Crippen molar-refractivity contribution < 1.29 is 0 Å². The molecule has 0 aliphatic heterocycles. The minimum Gasteiger partial charge on any atom is -0.354 e. The van der Waals surface area contributed by atoms with Gasteiger partial charge >= 0.3 is 0 Å². The first kappa shape index (κ1) is 12.1. The lowest BCUT2D eigenvalue weighted by atomic mass is 10.2. The first-order chi connectivity index (χ1) is 8.69. The molecular formula is C16H16N2. The maximum absolute atomic E-state index is 4.29. The fourth-order valence-electron chi connectivity index (χ4n) is 1.61. The summed E-state index contributed by atoms with van der Waals surface area (Å²) in [5, 5.41) is 3.25. The molecule has 0 saturated carbocycles. The maximum atomic E-state index is 4.29. The Morgan fingerprint density at radius 2 is 1.94 bits per heavy atom. The van der Waals surface area contributed by atoms with Crippen molar-refractivity contribution in [3.05, 3.63) is 72.6 Å². The number of hydrogen-bond donors (Lipinski definition) is 1. The predicted octanol–water partition coefficient (Wildman–Crippen LogP) is 4.12. The van der Waals surface area contributed by atoms with E-state index < -0.39 is 0 Å². The van der Waals surface area contributed by atoms with Crippen molar-refractivity contribution in [1.82, 2.24) is 4.98 Å². The van der Waals surface area contributed by atoms with Gasteiger partial charge in [-0.1, -0.05) is 36.9 Å². The summed E-state index contributed by atoms with van der Waals surface area (Å²) >= 11 is 0. The minimum absolute atomic E-state index is 0.780. The van der Waals surface area contributed by atoms with E-state index in [-0.39, 0.29) is 0 Å². The van der Waals surface area contributed by atoms with E-state index in [9.17, 15) is 0 Å². The van der Waals surface area contributed by atoms with Gasteiger partial charge in [0.1, 0.15) is 0 Å². The van der Waals surface area contributed by atoms with Crippen LogP contribution in [0.5, 0.6) is 0 Å². The lowest BCUT2D eigenvalue weighted by Gasteiger charge is -2.09. The summed E-state index contributed by atoms with van der Waals surface area (Å²) in [6, 6.07) is 12.0. The normalized spacial score (nSPS) is 9.83. The molecule has 1 aromatic heterocycles. The van der Waals surface area contributed by atoms with Crippen LogP contribution in [0.3, 0.4) is 0 Å². The molecule has 0 spiro atoms. The number of pyridine rings is 1. The van der Waals surface area contributed by atoms with Gasteiger partial charge in [0, 0.05) is 11.9 Å². The van der Waals surface area contributed by atoms with Crippen molar-refractivity contribution in [1.29, 1.82) is 0 Å². The van der Waals surface area contributed by atoms with Gasteiger partial charge in [-0.2, -0.15) is 0 Å². The third kappa shape index (κ3) is 2.86. The average molecular weight is 236 g/mol. The zero-order chi connectivity index (χ0) is 13.0. The molecule has 1 N–H and O–H groups in total. The largest absolute Gasteiger partial charge is 0.354 e. The van der Waals surface area contributed by atoms with Crippen LogP contribution in [0.1, 0.15) is 16.8 Å². The molecule has 2 aromatic rings. The third-order valence-electron chi connectivity index (χ3n) is 2.68. The molecule has 0 bridgehead atoms. The topological polar surface area (TPSA) is 24.9 Å². The highest BCUT2D eigenvalue weighted by Gasteiger charge is 2.01. The van der Waals surface area contributed by atoms with Crippen LogP contribution in [0.15, 0.2) is 55.8 Å². The highest BCUT2D eigenvalue weighted by molar-refractivity contribution is 5.74. The number of nitrogens with zero attached hydrogens (tertiary/aromatic N) is 1. The van der Waals surface area contributed by atoms with E-state index in [1.165, 1.54) is 5.56 Å². The van der Waals surface area contributed by atoms with Crippen LogP contribution in [0.2, 0.25) is 0 Å². The second kappa shape index (κ2) is 5.32. The molecule has 0 fully saturated rings. The maximum Gasteiger partial charge on any atom is 0.0864 e. The molecule has 0 amide bonds. The van der Waals surface area contributed by atoms with Gasteiger partial charge in [-0.05, 0) is 36.8 Å². The second-order valence-electron chi connectivity index (χ2n) is 4.15. The smallest absolute Gasteiger partial charge is 0.0864 e. The highest BCUT2D eigenvalue weighted by Crippen LogP contribution is 2.17. The van der Waals surface area contributed by atoms with Gasteiger partial charge in [-0.25, -0.2) is 0 Å². The number of anilines is 1. The molecule has 2 rings (SSSR count). The van der Waals surface area contributed by atoms with E-state index in [0.29, 0.717) is 0 Å². The summed E-state index contributed by atoms with van der Waals surface area (Å²) in [7, 11) is 0. The van der Waals surface area contributed by atoms with Gasteiger partial charge in [0.15, 0.2) is 0 Å². The molecule has 0 radical (unpaired) electrons. The Bertz CT molecular complexity index is 568. The Morgan fingerprint density at radius 1 is 1.22 bits per heavy atom. The summed E-state index contributed by atoms with van der Waals surface area (Å²) in [5.41, 5.74) is 4.89. The van der Waals surface area contributed by atoms with Gasteiger partial charge in [0.25, 0.3) is 0 Å². The Morgan fingerprint density at radius 3 is 2.61 bits per heavy atom. The molecule has 2 heteroatoms. The molecule has 1 heterocycles. The predicted molar refractivity (Wildman–Crippen MR) is 78.2 cm³/mol. The van der Waals surface area contributed by atoms with E-state index in [1.807, 2.05) is 24.3 Å². The van der Waals surface area contributed by atoms with Gasteiger partial charge in [0.2, 0.25) is 0 Å². The van der Waals surface area contributed by atoms with E-state index in [1.54, 1.807) is 12.3 Å². The second-order valence-corrected chi connectivity index (χ2v) is 4.15. The van der Waals surface area contributed by atoms with Crippen molar-refractivity contribution in [3.63, 3.8) is 0 Å². The number of aromatic nitrogens is 1. The Kier molecular flexibility index (Phi) is 3.58. The molecule has 90 valence electrons. The fraction of sp³-hybridized carbons (Fsp3) is 0.0625. The van der Waals surface area contributed by atoms with Crippen LogP contribution in [0.25, 0.3) is 11.8 Å². The summed E-state index contributed by atoms with van der Waals surface area (Å²) < 4.78 is 0. The summed E-state index contributed by atoms with van der Waals surface area (Å²) in [5.74, 6) is 0. The van der Waals surface area contributed by atoms with Gasteiger partial charge in [0.05, 0.1) is 11.4 Å². The van der Waals surface area contributed by atoms with Crippen molar-refractivity contribution in [2.75, 3.05) is 5.32 Å². The number of benzene rings is 1. The SMILES string of the molecule is C=Cc1ccnc(C(=C)Nc2ccc(C)cc2)c1. The van der Waals surface area contributed by atoms with E-state index in [0.717, 1.165) is 22.6 Å². The molecule has 2 nitrogen and oxygen atoms in total. The molecule has 0 saturated heterocycles. The zero-order valence-corrected chi connectivity index (χ0v) is 10.5. The van der Waals surface area contributed by atoms with E-state index in [4.69, 9.17) is 0 Å². The number of nitrogens with one attached hydrogen (secondary N) is 1. The lowest BCUT2D eigenvalue weighted by Crippen LogP contribution is -1.99. The van der Waals surface area contributed by atoms with Crippen molar-refractivity contribution >= 4 is 17.5 Å². The zero-order valence-electron chi connectivity index (χ0n) is 10.5. The van der Waals surface area contributed by atoms with E-state index in [2.05, 4.69) is 42.5 Å². The number of rotatable bonds is 4. The van der Waals surface area contributed by atoms with Crippen LogP contribution in [0.4, 0.5) is 5.69 Å². The van der Waals surface area contributed by atoms with Crippen LogP contribution in [-0.4, -0.2) is 4.98 Å². The van der Waals surface area contributed by atoms with E-state index >= 15 is 0 Å². The van der Waals surface area contributed by atoms with Crippen molar-refractivity contribution in [3.8, 4) is 0 Å². The lowest BCUT2D eigenvalue weighted by molar-refractivity contribution is 1.26. The number of aryl methyl sites for hydroxylation is 1. The van der Waals surface area contributed by atoms with Crippen LogP contribution in [-0.2, 0) is 0 Å². The monoisotopic (exact) mass is 236 g/mol. The van der Waals surface area contributed by atoms with Crippen molar-refractivity contribution in [2.24, 2.45) is 0 Å². The first-order valence-corrected chi connectivity index (χ1v) is 5.80. The molecule has 0 aliphatic carbocycles.